The zero-order valence-electron chi connectivity index (χ0n) is 12.8. The van der Waals surface area contributed by atoms with Gasteiger partial charge < -0.3 is 10.4 Å². The minimum Gasteiger partial charge on any atom is -0.394 e. The summed E-state index contributed by atoms with van der Waals surface area (Å²) in [6.07, 6.45) is 2.42. The van der Waals surface area contributed by atoms with Crippen molar-refractivity contribution >= 4 is 16.7 Å². The van der Waals surface area contributed by atoms with Crippen LogP contribution in [0.1, 0.15) is 20.3 Å². The summed E-state index contributed by atoms with van der Waals surface area (Å²) in [6, 6.07) is 6.81. The molecule has 0 bridgehead atoms. The van der Waals surface area contributed by atoms with Gasteiger partial charge in [0.05, 0.1) is 24.2 Å². The Labute approximate surface area is 128 Å². The SMILES string of the molecule is CCC(C)C(CO)NC(=O)Cn1ncc2ccccc2c1=O. The van der Waals surface area contributed by atoms with Crippen molar-refractivity contribution < 1.29 is 9.90 Å². The smallest absolute Gasteiger partial charge is 0.275 e. The standard InChI is InChI=1S/C16H21N3O3/c1-3-11(2)14(10-20)18-15(21)9-19-16(22)13-7-5-4-6-12(13)8-17-19/h4-8,11,14,20H,3,9-10H2,1-2H3,(H,18,21). The maximum absolute atomic E-state index is 12.3. The number of nitrogens with one attached hydrogen (secondary N) is 1. The van der Waals surface area contributed by atoms with Crippen LogP contribution < -0.4 is 10.9 Å². The predicted octanol–water partition coefficient (Wildman–Crippen LogP) is 0.920. The molecular weight excluding hydrogens is 282 g/mol. The van der Waals surface area contributed by atoms with Crippen LogP contribution in [-0.4, -0.2) is 33.4 Å². The Hall–Kier alpha value is -2.21. The summed E-state index contributed by atoms with van der Waals surface area (Å²) < 4.78 is 1.14. The molecule has 22 heavy (non-hydrogen) atoms. The molecule has 0 aliphatic carbocycles. The lowest BCUT2D eigenvalue weighted by Gasteiger charge is -2.22. The summed E-state index contributed by atoms with van der Waals surface area (Å²) in [7, 11) is 0. The Balaban J connectivity index is 2.15. The van der Waals surface area contributed by atoms with Crippen molar-refractivity contribution in [3.05, 3.63) is 40.8 Å². The van der Waals surface area contributed by atoms with E-state index in [4.69, 9.17) is 0 Å². The average molecular weight is 303 g/mol. The van der Waals surface area contributed by atoms with Crippen LogP contribution in [0.25, 0.3) is 10.8 Å². The van der Waals surface area contributed by atoms with Crippen LogP contribution in [-0.2, 0) is 11.3 Å². The fourth-order valence-corrected chi connectivity index (χ4v) is 2.28. The van der Waals surface area contributed by atoms with Gasteiger partial charge in [-0.05, 0) is 12.0 Å². The third-order valence-electron chi connectivity index (χ3n) is 3.93. The van der Waals surface area contributed by atoms with Crippen molar-refractivity contribution in [3.63, 3.8) is 0 Å². The van der Waals surface area contributed by atoms with Crippen molar-refractivity contribution in [3.8, 4) is 0 Å². The first-order valence-electron chi connectivity index (χ1n) is 7.42. The topological polar surface area (TPSA) is 84.2 Å². The molecule has 0 aliphatic heterocycles. The molecule has 0 saturated carbocycles. The molecule has 118 valence electrons. The van der Waals surface area contributed by atoms with Gasteiger partial charge in [-0.3, -0.25) is 9.59 Å². The highest BCUT2D eigenvalue weighted by Crippen LogP contribution is 2.08. The number of fused-ring (bicyclic) bond motifs is 1. The first-order valence-corrected chi connectivity index (χ1v) is 7.42. The number of carbonyl (C=O) groups is 1. The van der Waals surface area contributed by atoms with Gasteiger partial charge in [0.15, 0.2) is 0 Å². The van der Waals surface area contributed by atoms with Crippen molar-refractivity contribution in [1.82, 2.24) is 15.1 Å². The zero-order chi connectivity index (χ0) is 16.1. The van der Waals surface area contributed by atoms with Crippen LogP contribution in [0, 0.1) is 5.92 Å². The summed E-state index contributed by atoms with van der Waals surface area (Å²) in [5.41, 5.74) is -0.294. The second kappa shape index (κ2) is 7.17. The van der Waals surface area contributed by atoms with E-state index in [9.17, 15) is 14.7 Å². The van der Waals surface area contributed by atoms with Gasteiger partial charge in [0, 0.05) is 5.39 Å². The highest BCUT2D eigenvalue weighted by atomic mass is 16.3. The number of aliphatic hydroxyl groups is 1. The number of benzene rings is 1. The van der Waals surface area contributed by atoms with Gasteiger partial charge in [0.1, 0.15) is 6.54 Å². The Morgan fingerprint density at radius 3 is 2.82 bits per heavy atom. The maximum Gasteiger partial charge on any atom is 0.275 e. The van der Waals surface area contributed by atoms with Crippen LogP contribution in [0.2, 0.25) is 0 Å². The normalized spacial score (nSPS) is 13.8. The van der Waals surface area contributed by atoms with Gasteiger partial charge in [0.2, 0.25) is 5.91 Å². The van der Waals surface area contributed by atoms with E-state index in [1.54, 1.807) is 24.4 Å². The highest BCUT2D eigenvalue weighted by Gasteiger charge is 2.18. The number of carbonyl (C=O) groups excluding carboxylic acids is 1. The summed E-state index contributed by atoms with van der Waals surface area (Å²) >= 11 is 0. The summed E-state index contributed by atoms with van der Waals surface area (Å²) in [4.78, 5) is 24.3. The van der Waals surface area contributed by atoms with Crippen LogP contribution >= 0.6 is 0 Å². The van der Waals surface area contributed by atoms with E-state index in [1.165, 1.54) is 0 Å². The molecule has 0 saturated heterocycles. The molecule has 0 aliphatic rings. The molecular formula is C16H21N3O3. The second-order valence-corrected chi connectivity index (χ2v) is 5.44. The van der Waals surface area contributed by atoms with E-state index in [1.807, 2.05) is 19.9 Å². The van der Waals surface area contributed by atoms with E-state index in [2.05, 4.69) is 10.4 Å². The van der Waals surface area contributed by atoms with Crippen LogP contribution in [0.4, 0.5) is 0 Å². The third-order valence-corrected chi connectivity index (χ3v) is 3.93. The largest absolute Gasteiger partial charge is 0.394 e. The van der Waals surface area contributed by atoms with Crippen LogP contribution in [0.15, 0.2) is 35.3 Å². The van der Waals surface area contributed by atoms with Gasteiger partial charge >= 0.3 is 0 Å². The Kier molecular flexibility index (Phi) is 5.27. The van der Waals surface area contributed by atoms with E-state index in [-0.39, 0.29) is 36.6 Å². The van der Waals surface area contributed by atoms with E-state index in [0.717, 1.165) is 16.5 Å². The first kappa shape index (κ1) is 16.2. The number of aromatic nitrogens is 2. The van der Waals surface area contributed by atoms with Crippen LogP contribution in [0.3, 0.4) is 0 Å². The maximum atomic E-state index is 12.3. The fourth-order valence-electron chi connectivity index (χ4n) is 2.28. The Morgan fingerprint density at radius 1 is 1.41 bits per heavy atom. The molecule has 2 rings (SSSR count). The van der Waals surface area contributed by atoms with E-state index >= 15 is 0 Å². The molecule has 0 spiro atoms. The average Bonchev–Trinajstić information content (AvgIpc) is 2.54. The molecule has 2 aromatic rings. The van der Waals surface area contributed by atoms with Crippen LogP contribution in [0.5, 0.6) is 0 Å². The van der Waals surface area contributed by atoms with Gasteiger partial charge in [-0.25, -0.2) is 4.68 Å². The number of hydrogen-bond donors (Lipinski definition) is 2. The zero-order valence-corrected chi connectivity index (χ0v) is 12.8. The van der Waals surface area contributed by atoms with Gasteiger partial charge in [-0.1, -0.05) is 38.5 Å². The molecule has 6 heteroatoms. The molecule has 1 aromatic heterocycles. The first-order chi connectivity index (χ1) is 10.6. The second-order valence-electron chi connectivity index (χ2n) is 5.44. The number of nitrogens with zero attached hydrogens (tertiary/aromatic N) is 2. The number of hydrogen-bond acceptors (Lipinski definition) is 4. The molecule has 1 amide bonds. The lowest BCUT2D eigenvalue weighted by molar-refractivity contribution is -0.123. The molecule has 2 atom stereocenters. The predicted molar refractivity (Wildman–Crippen MR) is 84.5 cm³/mol. The van der Waals surface area contributed by atoms with E-state index in [0.29, 0.717) is 5.39 Å². The highest BCUT2D eigenvalue weighted by molar-refractivity contribution is 5.81. The fraction of sp³-hybridized carbons (Fsp3) is 0.438. The van der Waals surface area contributed by atoms with E-state index < -0.39 is 0 Å². The Morgan fingerprint density at radius 2 is 2.14 bits per heavy atom. The molecule has 0 radical (unpaired) electrons. The molecule has 0 fully saturated rings. The summed E-state index contributed by atoms with van der Waals surface area (Å²) in [5, 5.41) is 17.4. The van der Waals surface area contributed by atoms with Gasteiger partial charge in [-0.15, -0.1) is 0 Å². The third kappa shape index (κ3) is 3.51. The lowest BCUT2D eigenvalue weighted by atomic mass is 10.00. The minimum absolute atomic E-state index is 0.124. The monoisotopic (exact) mass is 303 g/mol. The van der Waals surface area contributed by atoms with Crippen molar-refractivity contribution in [2.75, 3.05) is 6.61 Å². The van der Waals surface area contributed by atoms with Gasteiger partial charge in [-0.2, -0.15) is 5.10 Å². The molecule has 1 heterocycles. The number of rotatable bonds is 6. The van der Waals surface area contributed by atoms with Crippen molar-refractivity contribution in [2.45, 2.75) is 32.9 Å². The number of aliphatic hydroxyl groups excluding tert-OH is 1. The minimum atomic E-state index is -0.329. The van der Waals surface area contributed by atoms with Gasteiger partial charge in [0.25, 0.3) is 5.56 Å². The number of amides is 1. The van der Waals surface area contributed by atoms with Crippen molar-refractivity contribution in [2.24, 2.45) is 5.92 Å². The summed E-state index contributed by atoms with van der Waals surface area (Å²) in [6.45, 7) is 3.67. The molecule has 6 nitrogen and oxygen atoms in total. The molecule has 2 unspecified atom stereocenters. The lowest BCUT2D eigenvalue weighted by Crippen LogP contribution is -2.44. The van der Waals surface area contributed by atoms with Crippen molar-refractivity contribution in [1.29, 1.82) is 0 Å². The quantitative estimate of drug-likeness (QED) is 0.831. The molecule has 2 N–H and O–H groups in total. The summed E-state index contributed by atoms with van der Waals surface area (Å²) in [5.74, 6) is -0.167. The Bertz CT molecular complexity index is 711. The molecule has 1 aromatic carbocycles.